The van der Waals surface area contributed by atoms with Crippen LogP contribution in [0.15, 0.2) is 60.7 Å². The predicted octanol–water partition coefficient (Wildman–Crippen LogP) is 6.27. The molecule has 1 aliphatic rings. The van der Waals surface area contributed by atoms with E-state index < -0.39 is 17.6 Å². The van der Waals surface area contributed by atoms with Crippen molar-refractivity contribution in [3.05, 3.63) is 83.6 Å². The third kappa shape index (κ3) is 4.40. The number of phenolic OH excluding ortho intramolecular Hbond substituents is 1. The maximum absolute atomic E-state index is 14.3. The average Bonchev–Trinajstić information content (AvgIpc) is 2.86. The van der Waals surface area contributed by atoms with E-state index in [2.05, 4.69) is 0 Å². The monoisotopic (exact) mass is 477 g/mol. The number of pyridine rings is 1. The van der Waals surface area contributed by atoms with Crippen LogP contribution in [0.5, 0.6) is 17.4 Å². The molecule has 2 heterocycles. The van der Waals surface area contributed by atoms with E-state index in [1.54, 1.807) is 24.3 Å². The van der Waals surface area contributed by atoms with Crippen molar-refractivity contribution in [2.75, 3.05) is 13.2 Å². The average molecular weight is 477 g/mol. The zero-order valence-corrected chi connectivity index (χ0v) is 18.5. The quantitative estimate of drug-likeness (QED) is 0.352. The number of carboxylic acid groups (broad SMARTS) is 1. The third-order valence-electron chi connectivity index (χ3n) is 6.12. The second-order valence-corrected chi connectivity index (χ2v) is 8.33. The number of benzene rings is 3. The normalized spacial score (nSPS) is 14.2. The molecule has 8 heteroatoms. The molecule has 35 heavy (non-hydrogen) atoms. The number of rotatable bonds is 5. The van der Waals surface area contributed by atoms with E-state index in [9.17, 15) is 23.8 Å². The molecular formula is C27H21F2NO5. The molecule has 1 aliphatic heterocycles. The topological polar surface area (TPSA) is 88.9 Å². The van der Waals surface area contributed by atoms with Crippen LogP contribution in [-0.4, -0.2) is 34.4 Å². The van der Waals surface area contributed by atoms with Gasteiger partial charge in [-0.25, -0.2) is 18.6 Å². The Kier molecular flexibility index (Phi) is 6.05. The molecule has 0 amide bonds. The number of nitrogens with zero attached hydrogens (tertiary/aromatic N) is 1. The summed E-state index contributed by atoms with van der Waals surface area (Å²) in [4.78, 5) is 16.2. The van der Waals surface area contributed by atoms with Crippen molar-refractivity contribution >= 4 is 16.7 Å². The first-order valence-corrected chi connectivity index (χ1v) is 11.1. The molecule has 5 rings (SSSR count). The molecule has 0 saturated carbocycles. The number of carboxylic acids is 1. The van der Waals surface area contributed by atoms with E-state index in [-0.39, 0.29) is 34.2 Å². The lowest BCUT2D eigenvalue weighted by atomic mass is 9.87. The summed E-state index contributed by atoms with van der Waals surface area (Å²) in [5, 5.41) is 20.9. The molecule has 0 atom stereocenters. The van der Waals surface area contributed by atoms with Gasteiger partial charge in [0.05, 0.1) is 16.6 Å². The fraction of sp³-hybridized carbons (Fsp3) is 0.185. The van der Waals surface area contributed by atoms with Crippen molar-refractivity contribution in [1.29, 1.82) is 0 Å². The maximum atomic E-state index is 14.3. The van der Waals surface area contributed by atoms with Crippen LogP contribution in [0.1, 0.15) is 34.8 Å². The van der Waals surface area contributed by atoms with Crippen LogP contribution in [0.4, 0.5) is 8.78 Å². The Labute approximate surface area is 199 Å². The molecule has 0 unspecified atom stereocenters. The minimum atomic E-state index is -1.10. The summed E-state index contributed by atoms with van der Waals surface area (Å²) >= 11 is 0. The lowest BCUT2D eigenvalue weighted by Gasteiger charge is -2.26. The Morgan fingerprint density at radius 2 is 1.77 bits per heavy atom. The number of hydrogen-bond donors (Lipinski definition) is 2. The van der Waals surface area contributed by atoms with E-state index >= 15 is 0 Å². The Bertz CT molecular complexity index is 1430. The van der Waals surface area contributed by atoms with E-state index in [0.29, 0.717) is 48.3 Å². The number of ether oxygens (including phenoxy) is 2. The van der Waals surface area contributed by atoms with Crippen molar-refractivity contribution in [1.82, 2.24) is 4.98 Å². The first-order chi connectivity index (χ1) is 16.9. The smallest absolute Gasteiger partial charge is 0.335 e. The molecule has 1 aromatic heterocycles. The van der Waals surface area contributed by atoms with Gasteiger partial charge in [-0.1, -0.05) is 24.3 Å². The van der Waals surface area contributed by atoms with Crippen LogP contribution in [-0.2, 0) is 4.74 Å². The lowest BCUT2D eigenvalue weighted by molar-refractivity contribution is 0.0696. The second kappa shape index (κ2) is 9.31. The predicted molar refractivity (Wildman–Crippen MR) is 125 cm³/mol. The van der Waals surface area contributed by atoms with Gasteiger partial charge in [0.2, 0.25) is 5.88 Å². The Morgan fingerprint density at radius 3 is 2.51 bits per heavy atom. The van der Waals surface area contributed by atoms with Crippen LogP contribution in [0, 0.1) is 11.6 Å². The molecule has 0 aliphatic carbocycles. The molecule has 1 saturated heterocycles. The highest BCUT2D eigenvalue weighted by Gasteiger charge is 2.27. The van der Waals surface area contributed by atoms with Crippen molar-refractivity contribution in [2.45, 2.75) is 18.8 Å². The van der Waals surface area contributed by atoms with Crippen molar-refractivity contribution in [2.24, 2.45) is 0 Å². The SMILES string of the molecule is O=C(O)c1cccc(Oc2nc(C3CCOCC3)c(-c3ccc(F)c(F)c3)c3cccc(O)c23)c1. The maximum Gasteiger partial charge on any atom is 0.335 e. The van der Waals surface area contributed by atoms with Crippen LogP contribution in [0.3, 0.4) is 0 Å². The number of phenols is 1. The molecule has 0 bridgehead atoms. The minimum Gasteiger partial charge on any atom is -0.507 e. The number of aromatic hydroxyl groups is 1. The highest BCUT2D eigenvalue weighted by atomic mass is 19.2. The fourth-order valence-electron chi connectivity index (χ4n) is 4.43. The molecular weight excluding hydrogens is 456 g/mol. The van der Waals surface area contributed by atoms with Gasteiger partial charge in [-0.15, -0.1) is 0 Å². The first-order valence-electron chi connectivity index (χ1n) is 11.1. The summed E-state index contributed by atoms with van der Waals surface area (Å²) in [6, 6.07) is 14.5. The number of aromatic carboxylic acids is 1. The van der Waals surface area contributed by atoms with Gasteiger partial charge in [0.1, 0.15) is 11.5 Å². The molecule has 0 radical (unpaired) electrons. The molecule has 4 aromatic rings. The summed E-state index contributed by atoms with van der Waals surface area (Å²) in [5.74, 6) is -2.88. The van der Waals surface area contributed by atoms with Crippen LogP contribution >= 0.6 is 0 Å². The first kappa shape index (κ1) is 22.7. The summed E-state index contributed by atoms with van der Waals surface area (Å²) in [6.45, 7) is 1.05. The summed E-state index contributed by atoms with van der Waals surface area (Å²) < 4.78 is 39.5. The number of aromatic nitrogens is 1. The van der Waals surface area contributed by atoms with Crippen molar-refractivity contribution in [3.63, 3.8) is 0 Å². The number of carbonyl (C=O) groups is 1. The highest BCUT2D eigenvalue weighted by molar-refractivity contribution is 6.03. The zero-order valence-electron chi connectivity index (χ0n) is 18.5. The Balaban J connectivity index is 1.76. The number of halogens is 2. The fourth-order valence-corrected chi connectivity index (χ4v) is 4.43. The standard InChI is InChI=1S/C27H21F2NO5/c28-20-8-7-16(14-21(20)29)23-19-5-2-6-22(31)24(19)26(30-25(23)15-9-11-34-12-10-15)35-18-4-1-3-17(13-18)27(32)33/h1-8,13-15,31H,9-12H2,(H,32,33). The van der Waals surface area contributed by atoms with Crippen LogP contribution in [0.2, 0.25) is 0 Å². The van der Waals surface area contributed by atoms with E-state index in [1.165, 1.54) is 24.3 Å². The lowest BCUT2D eigenvalue weighted by Crippen LogP contribution is -2.16. The van der Waals surface area contributed by atoms with Crippen LogP contribution in [0.25, 0.3) is 21.9 Å². The number of hydrogen-bond acceptors (Lipinski definition) is 5. The molecule has 3 aromatic carbocycles. The third-order valence-corrected chi connectivity index (χ3v) is 6.12. The van der Waals surface area contributed by atoms with E-state index in [1.807, 2.05) is 0 Å². The molecule has 2 N–H and O–H groups in total. The van der Waals surface area contributed by atoms with Crippen molar-refractivity contribution < 1.29 is 33.3 Å². The summed E-state index contributed by atoms with van der Waals surface area (Å²) in [7, 11) is 0. The largest absolute Gasteiger partial charge is 0.507 e. The molecule has 0 spiro atoms. The van der Waals surface area contributed by atoms with E-state index in [0.717, 1.165) is 12.1 Å². The summed E-state index contributed by atoms with van der Waals surface area (Å²) in [5.41, 5.74) is 1.65. The Morgan fingerprint density at radius 1 is 1.00 bits per heavy atom. The molecule has 178 valence electrons. The summed E-state index contributed by atoms with van der Waals surface area (Å²) in [6.07, 6.45) is 1.34. The number of fused-ring (bicyclic) bond motifs is 1. The zero-order chi connectivity index (χ0) is 24.5. The van der Waals surface area contributed by atoms with E-state index in [4.69, 9.17) is 14.5 Å². The van der Waals surface area contributed by atoms with Gasteiger partial charge in [0.15, 0.2) is 11.6 Å². The van der Waals surface area contributed by atoms with Gasteiger partial charge >= 0.3 is 5.97 Å². The van der Waals surface area contributed by atoms with Gasteiger partial charge in [-0.05, 0) is 54.8 Å². The van der Waals surface area contributed by atoms with Gasteiger partial charge in [-0.3, -0.25) is 0 Å². The van der Waals surface area contributed by atoms with Gasteiger partial charge in [0.25, 0.3) is 0 Å². The second-order valence-electron chi connectivity index (χ2n) is 8.33. The van der Waals surface area contributed by atoms with Gasteiger partial charge in [0, 0.05) is 30.1 Å². The minimum absolute atomic E-state index is 0.0408. The van der Waals surface area contributed by atoms with Crippen LogP contribution < -0.4 is 4.74 Å². The van der Waals surface area contributed by atoms with Gasteiger partial charge in [-0.2, -0.15) is 0 Å². The Hall–Kier alpha value is -4.04. The molecule has 1 fully saturated rings. The van der Waals surface area contributed by atoms with Gasteiger partial charge < -0.3 is 19.7 Å². The molecule has 6 nitrogen and oxygen atoms in total. The van der Waals surface area contributed by atoms with Crippen molar-refractivity contribution in [3.8, 4) is 28.5 Å². The highest BCUT2D eigenvalue weighted by Crippen LogP contribution is 2.45.